The van der Waals surface area contributed by atoms with Gasteiger partial charge in [0.05, 0.1) is 17.6 Å². The zero-order valence-corrected chi connectivity index (χ0v) is 15.5. The fourth-order valence-corrected chi connectivity index (χ4v) is 3.38. The molecule has 0 N–H and O–H groups in total. The van der Waals surface area contributed by atoms with E-state index in [0.717, 1.165) is 21.5 Å². The Kier molecular flexibility index (Phi) is 5.27. The first-order chi connectivity index (χ1) is 12.5. The van der Waals surface area contributed by atoms with Crippen molar-refractivity contribution in [3.63, 3.8) is 0 Å². The Morgan fingerprint density at radius 1 is 1.19 bits per heavy atom. The molecule has 6 nitrogen and oxygen atoms in total. The monoisotopic (exact) mass is 370 g/mol. The Labute approximate surface area is 155 Å². The molecule has 0 amide bonds. The molecule has 0 unspecified atom stereocenters. The smallest absolute Gasteiger partial charge is 0.311 e. The van der Waals surface area contributed by atoms with Crippen LogP contribution in [-0.4, -0.2) is 23.3 Å². The maximum absolute atomic E-state index is 11.3. The van der Waals surface area contributed by atoms with Crippen molar-refractivity contribution >= 4 is 28.4 Å². The number of benzene rings is 2. The normalized spacial score (nSPS) is 10.7. The molecule has 0 aliphatic rings. The molecule has 2 aromatic carbocycles. The molecule has 0 aliphatic carbocycles. The molecule has 1 heterocycles. The molecule has 134 valence electrons. The van der Waals surface area contributed by atoms with Gasteiger partial charge >= 0.3 is 5.69 Å². The van der Waals surface area contributed by atoms with Crippen LogP contribution in [0.15, 0.2) is 47.4 Å². The van der Waals surface area contributed by atoms with Gasteiger partial charge in [0.1, 0.15) is 17.9 Å². The minimum atomic E-state index is -0.449. The van der Waals surface area contributed by atoms with Gasteiger partial charge in [0, 0.05) is 22.0 Å². The van der Waals surface area contributed by atoms with Crippen LogP contribution in [0.5, 0.6) is 11.5 Å². The summed E-state index contributed by atoms with van der Waals surface area (Å²) in [5.74, 6) is 0.859. The Morgan fingerprint density at radius 2 is 2.00 bits per heavy atom. The second-order valence-electron chi connectivity index (χ2n) is 5.63. The van der Waals surface area contributed by atoms with Crippen LogP contribution >= 0.6 is 11.8 Å². The number of rotatable bonds is 6. The summed E-state index contributed by atoms with van der Waals surface area (Å²) in [6.07, 6.45) is 1.91. The Balaban J connectivity index is 2.01. The SMILES string of the molecule is COc1c([N+](=O)[O-])ccc(SC)c1COc1cccc2ccc(C)nc12. The van der Waals surface area contributed by atoms with E-state index in [1.54, 1.807) is 6.07 Å². The number of methoxy groups -OCH3 is 1. The van der Waals surface area contributed by atoms with Crippen LogP contribution in [0.25, 0.3) is 10.9 Å². The number of ether oxygens (including phenoxy) is 2. The van der Waals surface area contributed by atoms with Gasteiger partial charge in [0.2, 0.25) is 5.75 Å². The van der Waals surface area contributed by atoms with E-state index < -0.39 is 4.92 Å². The first kappa shape index (κ1) is 18.0. The standard InChI is InChI=1S/C19H18N2O4S/c1-12-7-8-13-5-4-6-16(18(13)20-12)25-11-14-17(26-3)10-9-15(21(22)23)19(14)24-2/h4-10H,11H2,1-3H3. The average Bonchev–Trinajstić information content (AvgIpc) is 2.65. The number of fused-ring (bicyclic) bond motifs is 1. The summed E-state index contributed by atoms with van der Waals surface area (Å²) in [5.41, 5.74) is 2.24. The molecule has 7 heteroatoms. The lowest BCUT2D eigenvalue weighted by atomic mass is 10.1. The number of aryl methyl sites for hydroxylation is 1. The molecule has 3 rings (SSSR count). The summed E-state index contributed by atoms with van der Waals surface area (Å²) in [6, 6.07) is 12.8. The van der Waals surface area contributed by atoms with Gasteiger partial charge in [-0.2, -0.15) is 0 Å². The predicted molar refractivity (Wildman–Crippen MR) is 102 cm³/mol. The molecule has 0 bridgehead atoms. The molecule has 1 aromatic heterocycles. The lowest BCUT2D eigenvalue weighted by molar-refractivity contribution is -0.385. The van der Waals surface area contributed by atoms with Gasteiger partial charge in [-0.15, -0.1) is 11.8 Å². The topological polar surface area (TPSA) is 74.5 Å². The number of hydrogen-bond acceptors (Lipinski definition) is 6. The quantitative estimate of drug-likeness (QED) is 0.354. The molecule has 0 radical (unpaired) electrons. The summed E-state index contributed by atoms with van der Waals surface area (Å²) in [7, 11) is 1.43. The first-order valence-electron chi connectivity index (χ1n) is 7.92. The second kappa shape index (κ2) is 7.61. The van der Waals surface area contributed by atoms with Gasteiger partial charge in [-0.05, 0) is 31.4 Å². The maximum atomic E-state index is 11.3. The molecule has 0 aliphatic heterocycles. The Morgan fingerprint density at radius 3 is 2.69 bits per heavy atom. The maximum Gasteiger partial charge on any atom is 0.311 e. The van der Waals surface area contributed by atoms with Crippen LogP contribution < -0.4 is 9.47 Å². The van der Waals surface area contributed by atoms with Gasteiger partial charge in [0.15, 0.2) is 0 Å². The Bertz CT molecular complexity index is 975. The van der Waals surface area contributed by atoms with Crippen molar-refractivity contribution in [2.24, 2.45) is 0 Å². The molecule has 0 saturated heterocycles. The van der Waals surface area contributed by atoms with E-state index in [1.807, 2.05) is 43.5 Å². The van der Waals surface area contributed by atoms with Gasteiger partial charge in [-0.3, -0.25) is 10.1 Å². The third-order valence-corrected chi connectivity index (χ3v) is 4.83. The van der Waals surface area contributed by atoms with E-state index in [0.29, 0.717) is 11.3 Å². The van der Waals surface area contributed by atoms with Gasteiger partial charge in [-0.1, -0.05) is 18.2 Å². The number of pyridine rings is 1. The fourth-order valence-electron chi connectivity index (χ4n) is 2.78. The van der Waals surface area contributed by atoms with Crippen molar-refractivity contribution in [2.75, 3.05) is 13.4 Å². The average molecular weight is 370 g/mol. The highest BCUT2D eigenvalue weighted by molar-refractivity contribution is 7.98. The number of nitro groups is 1. The number of thioether (sulfide) groups is 1. The van der Waals surface area contributed by atoms with E-state index in [4.69, 9.17) is 9.47 Å². The van der Waals surface area contributed by atoms with E-state index in [1.165, 1.54) is 24.9 Å². The summed E-state index contributed by atoms with van der Waals surface area (Å²) in [6.45, 7) is 2.07. The van der Waals surface area contributed by atoms with Crippen LogP contribution in [0, 0.1) is 17.0 Å². The molecule has 0 fully saturated rings. The highest BCUT2D eigenvalue weighted by atomic mass is 32.2. The number of aromatic nitrogens is 1. The van der Waals surface area contributed by atoms with E-state index in [2.05, 4.69) is 4.98 Å². The molecule has 0 atom stereocenters. The van der Waals surface area contributed by atoms with Crippen molar-refractivity contribution in [1.29, 1.82) is 0 Å². The lowest BCUT2D eigenvalue weighted by Crippen LogP contribution is -2.04. The molecule has 3 aromatic rings. The molecule has 0 spiro atoms. The summed E-state index contributed by atoms with van der Waals surface area (Å²) < 4.78 is 11.3. The molecule has 26 heavy (non-hydrogen) atoms. The van der Waals surface area contributed by atoms with E-state index >= 15 is 0 Å². The second-order valence-corrected chi connectivity index (χ2v) is 6.47. The zero-order chi connectivity index (χ0) is 18.7. The van der Waals surface area contributed by atoms with Crippen LogP contribution in [0.2, 0.25) is 0 Å². The van der Waals surface area contributed by atoms with Crippen LogP contribution in [-0.2, 0) is 6.61 Å². The third-order valence-electron chi connectivity index (χ3n) is 4.01. The number of para-hydroxylation sites is 1. The van der Waals surface area contributed by atoms with Gasteiger partial charge in [0.25, 0.3) is 0 Å². The molecular weight excluding hydrogens is 352 g/mol. The zero-order valence-electron chi connectivity index (χ0n) is 14.7. The lowest BCUT2D eigenvalue weighted by Gasteiger charge is -2.15. The largest absolute Gasteiger partial charge is 0.490 e. The number of hydrogen-bond donors (Lipinski definition) is 0. The Hall–Kier alpha value is -2.80. The van der Waals surface area contributed by atoms with Crippen molar-refractivity contribution < 1.29 is 14.4 Å². The first-order valence-corrected chi connectivity index (χ1v) is 9.15. The van der Waals surface area contributed by atoms with Crippen LogP contribution in [0.4, 0.5) is 5.69 Å². The van der Waals surface area contributed by atoms with Crippen molar-refractivity contribution in [2.45, 2.75) is 18.4 Å². The third kappa shape index (κ3) is 3.43. The fraction of sp³-hybridized carbons (Fsp3) is 0.211. The molecule has 0 saturated carbocycles. The minimum Gasteiger partial charge on any atom is -0.490 e. The van der Waals surface area contributed by atoms with Gasteiger partial charge < -0.3 is 9.47 Å². The predicted octanol–water partition coefficient (Wildman–Crippen LogP) is 4.76. The summed E-state index contributed by atoms with van der Waals surface area (Å²) in [5, 5.41) is 12.3. The number of nitro benzene ring substituents is 1. The van der Waals surface area contributed by atoms with Crippen molar-refractivity contribution in [1.82, 2.24) is 4.98 Å². The van der Waals surface area contributed by atoms with E-state index in [-0.39, 0.29) is 18.0 Å². The summed E-state index contributed by atoms with van der Waals surface area (Å²) in [4.78, 5) is 16.3. The molecular formula is C19H18N2O4S. The highest BCUT2D eigenvalue weighted by Crippen LogP contribution is 2.38. The summed E-state index contributed by atoms with van der Waals surface area (Å²) >= 11 is 1.49. The van der Waals surface area contributed by atoms with Crippen LogP contribution in [0.1, 0.15) is 11.3 Å². The van der Waals surface area contributed by atoms with Crippen molar-refractivity contribution in [3.8, 4) is 11.5 Å². The highest BCUT2D eigenvalue weighted by Gasteiger charge is 2.22. The van der Waals surface area contributed by atoms with E-state index in [9.17, 15) is 10.1 Å². The minimum absolute atomic E-state index is 0.0733. The van der Waals surface area contributed by atoms with Crippen LogP contribution in [0.3, 0.4) is 0 Å². The van der Waals surface area contributed by atoms with Gasteiger partial charge in [-0.25, -0.2) is 4.98 Å². The number of nitrogens with zero attached hydrogens (tertiary/aromatic N) is 2. The van der Waals surface area contributed by atoms with Crippen molar-refractivity contribution in [3.05, 3.63) is 63.8 Å².